The SMILES string of the molecule is CCNC(c1ccc(Cl)cc1)c1cc(C)c(F)cc1F. The molecule has 0 aliphatic heterocycles. The van der Waals surface area contributed by atoms with Crippen molar-refractivity contribution in [2.45, 2.75) is 19.9 Å². The Morgan fingerprint density at radius 1 is 1.10 bits per heavy atom. The topological polar surface area (TPSA) is 12.0 Å². The van der Waals surface area contributed by atoms with Gasteiger partial charge in [0.1, 0.15) is 11.6 Å². The molecule has 1 N–H and O–H groups in total. The second-order valence-electron chi connectivity index (χ2n) is 4.67. The molecule has 0 heterocycles. The fourth-order valence-corrected chi connectivity index (χ4v) is 2.29. The lowest BCUT2D eigenvalue weighted by Gasteiger charge is -2.20. The predicted octanol–water partition coefficient (Wildman–Crippen LogP) is 4.63. The summed E-state index contributed by atoms with van der Waals surface area (Å²) in [6.07, 6.45) is 0. The van der Waals surface area contributed by atoms with Crippen LogP contribution >= 0.6 is 11.6 Å². The Kier molecular flexibility index (Phi) is 4.73. The van der Waals surface area contributed by atoms with Crippen LogP contribution in [0.5, 0.6) is 0 Å². The molecule has 0 amide bonds. The molecule has 20 heavy (non-hydrogen) atoms. The smallest absolute Gasteiger partial charge is 0.131 e. The fourth-order valence-electron chi connectivity index (χ4n) is 2.17. The average molecular weight is 296 g/mol. The van der Waals surface area contributed by atoms with Crippen molar-refractivity contribution in [3.63, 3.8) is 0 Å². The fraction of sp³-hybridized carbons (Fsp3) is 0.250. The van der Waals surface area contributed by atoms with Crippen LogP contribution < -0.4 is 5.32 Å². The molecule has 0 spiro atoms. The monoisotopic (exact) mass is 295 g/mol. The molecule has 2 aromatic carbocycles. The molecule has 1 atom stereocenters. The molecule has 0 aliphatic carbocycles. The van der Waals surface area contributed by atoms with Crippen LogP contribution in [0.3, 0.4) is 0 Å². The summed E-state index contributed by atoms with van der Waals surface area (Å²) in [5.41, 5.74) is 1.76. The van der Waals surface area contributed by atoms with E-state index in [2.05, 4.69) is 5.32 Å². The zero-order valence-corrected chi connectivity index (χ0v) is 12.1. The van der Waals surface area contributed by atoms with Crippen LogP contribution in [0.2, 0.25) is 5.02 Å². The van der Waals surface area contributed by atoms with Crippen LogP contribution in [0.1, 0.15) is 29.7 Å². The Morgan fingerprint density at radius 2 is 1.75 bits per heavy atom. The van der Waals surface area contributed by atoms with E-state index in [4.69, 9.17) is 11.6 Å². The van der Waals surface area contributed by atoms with Crippen molar-refractivity contribution in [1.29, 1.82) is 0 Å². The quantitative estimate of drug-likeness (QED) is 0.867. The molecular formula is C16H16ClF2N. The first kappa shape index (κ1) is 14.9. The zero-order chi connectivity index (χ0) is 14.7. The second-order valence-corrected chi connectivity index (χ2v) is 5.10. The highest BCUT2D eigenvalue weighted by atomic mass is 35.5. The van der Waals surface area contributed by atoms with E-state index in [1.165, 1.54) is 0 Å². The minimum Gasteiger partial charge on any atom is -0.306 e. The van der Waals surface area contributed by atoms with Gasteiger partial charge < -0.3 is 5.32 Å². The van der Waals surface area contributed by atoms with Gasteiger partial charge >= 0.3 is 0 Å². The van der Waals surface area contributed by atoms with E-state index >= 15 is 0 Å². The van der Waals surface area contributed by atoms with E-state index in [1.54, 1.807) is 25.1 Å². The lowest BCUT2D eigenvalue weighted by atomic mass is 9.96. The van der Waals surface area contributed by atoms with Crippen LogP contribution in [0.4, 0.5) is 8.78 Å². The molecule has 2 rings (SSSR count). The van der Waals surface area contributed by atoms with Crippen molar-refractivity contribution in [2.75, 3.05) is 6.54 Å². The predicted molar refractivity (Wildman–Crippen MR) is 78.1 cm³/mol. The maximum absolute atomic E-state index is 14.1. The first-order valence-electron chi connectivity index (χ1n) is 6.47. The molecular weight excluding hydrogens is 280 g/mol. The lowest BCUT2D eigenvalue weighted by Crippen LogP contribution is -2.23. The standard InChI is InChI=1S/C16H16ClF2N/c1-3-20-16(11-4-6-12(17)7-5-11)13-8-10(2)14(18)9-15(13)19/h4-9,16,20H,3H2,1-2H3. The van der Waals surface area contributed by atoms with Crippen molar-refractivity contribution in [3.05, 3.63) is 69.7 Å². The van der Waals surface area contributed by atoms with Gasteiger partial charge in [0, 0.05) is 16.7 Å². The molecule has 0 radical (unpaired) electrons. The minimum absolute atomic E-state index is 0.323. The third kappa shape index (κ3) is 3.17. The number of benzene rings is 2. The number of nitrogens with one attached hydrogen (secondary N) is 1. The molecule has 0 saturated carbocycles. The number of rotatable bonds is 4. The first-order valence-corrected chi connectivity index (χ1v) is 6.85. The van der Waals surface area contributed by atoms with Gasteiger partial charge in [0.2, 0.25) is 0 Å². The van der Waals surface area contributed by atoms with Crippen molar-refractivity contribution in [3.8, 4) is 0 Å². The van der Waals surface area contributed by atoms with Gasteiger partial charge in [-0.25, -0.2) is 8.78 Å². The molecule has 0 aliphatic rings. The first-order chi connectivity index (χ1) is 9.52. The third-order valence-corrected chi connectivity index (χ3v) is 3.45. The Labute approximate surface area is 122 Å². The Morgan fingerprint density at radius 3 is 2.35 bits per heavy atom. The number of aryl methyl sites for hydroxylation is 1. The van der Waals surface area contributed by atoms with E-state index < -0.39 is 11.6 Å². The Bertz CT molecular complexity index is 596. The number of hydrogen-bond donors (Lipinski definition) is 1. The highest BCUT2D eigenvalue weighted by molar-refractivity contribution is 6.30. The Balaban J connectivity index is 2.48. The van der Waals surface area contributed by atoms with Gasteiger partial charge in [0.15, 0.2) is 0 Å². The molecule has 0 bridgehead atoms. The summed E-state index contributed by atoms with van der Waals surface area (Å²) in [7, 11) is 0. The van der Waals surface area contributed by atoms with E-state index in [9.17, 15) is 8.78 Å². The summed E-state index contributed by atoms with van der Waals surface area (Å²) in [5.74, 6) is -1.08. The van der Waals surface area contributed by atoms with Crippen LogP contribution in [0.15, 0.2) is 36.4 Å². The van der Waals surface area contributed by atoms with Crippen molar-refractivity contribution >= 4 is 11.6 Å². The summed E-state index contributed by atoms with van der Waals surface area (Å²) in [6, 6.07) is 9.36. The summed E-state index contributed by atoms with van der Waals surface area (Å²) < 4.78 is 27.4. The molecule has 1 unspecified atom stereocenters. The number of hydrogen-bond acceptors (Lipinski definition) is 1. The van der Waals surface area contributed by atoms with Crippen molar-refractivity contribution < 1.29 is 8.78 Å². The molecule has 2 aromatic rings. The van der Waals surface area contributed by atoms with Crippen LogP contribution in [0, 0.1) is 18.6 Å². The van der Waals surface area contributed by atoms with Gasteiger partial charge in [-0.3, -0.25) is 0 Å². The van der Waals surface area contributed by atoms with Crippen LogP contribution in [0.25, 0.3) is 0 Å². The van der Waals surface area contributed by atoms with Gasteiger partial charge in [-0.15, -0.1) is 0 Å². The van der Waals surface area contributed by atoms with E-state index in [0.29, 0.717) is 22.7 Å². The summed E-state index contributed by atoms with van der Waals surface area (Å²) in [4.78, 5) is 0. The van der Waals surface area contributed by atoms with Crippen molar-refractivity contribution in [1.82, 2.24) is 5.32 Å². The van der Waals surface area contributed by atoms with Crippen LogP contribution in [-0.2, 0) is 0 Å². The number of halogens is 3. The third-order valence-electron chi connectivity index (χ3n) is 3.20. The molecule has 1 nitrogen and oxygen atoms in total. The van der Waals surface area contributed by atoms with Crippen molar-refractivity contribution in [2.24, 2.45) is 0 Å². The molecule has 0 saturated heterocycles. The van der Waals surface area contributed by atoms with Crippen LogP contribution in [-0.4, -0.2) is 6.54 Å². The molecule has 0 aromatic heterocycles. The van der Waals surface area contributed by atoms with E-state index in [-0.39, 0.29) is 6.04 Å². The van der Waals surface area contributed by atoms with Gasteiger partial charge in [0.25, 0.3) is 0 Å². The highest BCUT2D eigenvalue weighted by Gasteiger charge is 2.18. The zero-order valence-electron chi connectivity index (χ0n) is 11.4. The molecule has 0 fully saturated rings. The Hall–Kier alpha value is -1.45. The summed E-state index contributed by atoms with van der Waals surface area (Å²) >= 11 is 5.87. The average Bonchev–Trinajstić information content (AvgIpc) is 2.42. The maximum Gasteiger partial charge on any atom is 0.131 e. The largest absolute Gasteiger partial charge is 0.306 e. The van der Waals surface area contributed by atoms with E-state index in [1.807, 2.05) is 19.1 Å². The van der Waals surface area contributed by atoms with Gasteiger partial charge in [-0.1, -0.05) is 30.7 Å². The highest BCUT2D eigenvalue weighted by Crippen LogP contribution is 2.27. The van der Waals surface area contributed by atoms with Gasteiger partial charge in [-0.05, 0) is 42.8 Å². The maximum atomic E-state index is 14.1. The van der Waals surface area contributed by atoms with E-state index in [0.717, 1.165) is 11.6 Å². The normalized spacial score (nSPS) is 12.4. The lowest BCUT2D eigenvalue weighted by molar-refractivity contribution is 0.537. The summed E-state index contributed by atoms with van der Waals surface area (Å²) in [5, 5.41) is 3.84. The van der Waals surface area contributed by atoms with Gasteiger partial charge in [-0.2, -0.15) is 0 Å². The summed E-state index contributed by atoms with van der Waals surface area (Å²) in [6.45, 7) is 4.24. The molecule has 106 valence electrons. The minimum atomic E-state index is -0.547. The van der Waals surface area contributed by atoms with Gasteiger partial charge in [0.05, 0.1) is 6.04 Å². The molecule has 4 heteroatoms. The second kappa shape index (κ2) is 6.33.